The number of anilines is 2. The number of aryl methyl sites for hydroxylation is 1. The summed E-state index contributed by atoms with van der Waals surface area (Å²) in [6.07, 6.45) is 4.41. The van der Waals surface area contributed by atoms with E-state index in [-0.39, 0.29) is 0 Å². The maximum absolute atomic E-state index is 5.74. The minimum atomic E-state index is 0.555. The van der Waals surface area contributed by atoms with Gasteiger partial charge in [-0.2, -0.15) is 0 Å². The molecule has 0 atom stereocenters. The van der Waals surface area contributed by atoms with Crippen molar-refractivity contribution < 1.29 is 9.47 Å². The Labute approximate surface area is 217 Å². The van der Waals surface area contributed by atoms with Crippen LogP contribution in [0.1, 0.15) is 17.5 Å². The van der Waals surface area contributed by atoms with Crippen molar-refractivity contribution in [2.24, 2.45) is 0 Å². The standard InChI is InChI=1S/C28H33N7O2/c1-20-5-3-6-23(21(20)2)34-13-11-33(12-14-34)10-4-9-29-27-26-28(31-18-30-27)35(19-32-26)22-7-8-24-25(17-22)37-16-15-36-24/h3,5-8,17-19H,4,9-16H2,1-2H3,(H,29,30,31). The highest BCUT2D eigenvalue weighted by atomic mass is 16.6. The molecule has 0 aliphatic carbocycles. The number of fused-ring (bicyclic) bond motifs is 2. The third-order valence-electron chi connectivity index (χ3n) is 7.37. The number of benzene rings is 2. The van der Waals surface area contributed by atoms with Crippen LogP contribution in [-0.4, -0.2) is 76.9 Å². The van der Waals surface area contributed by atoms with Crippen LogP contribution in [-0.2, 0) is 0 Å². The number of ether oxygens (including phenoxy) is 2. The third kappa shape index (κ3) is 4.79. The lowest BCUT2D eigenvalue weighted by Gasteiger charge is -2.37. The zero-order valence-corrected chi connectivity index (χ0v) is 21.5. The fourth-order valence-electron chi connectivity index (χ4n) is 5.14. The SMILES string of the molecule is Cc1cccc(N2CCN(CCCNc3ncnc4c3ncn4-c3ccc4c(c3)OCCO4)CC2)c1C. The quantitative estimate of drug-likeness (QED) is 0.385. The van der Waals surface area contributed by atoms with Crippen molar-refractivity contribution in [1.82, 2.24) is 24.4 Å². The van der Waals surface area contributed by atoms with E-state index in [4.69, 9.17) is 9.47 Å². The van der Waals surface area contributed by atoms with Crippen LogP contribution in [0.3, 0.4) is 0 Å². The molecule has 192 valence electrons. The number of hydrogen-bond acceptors (Lipinski definition) is 8. The summed E-state index contributed by atoms with van der Waals surface area (Å²) >= 11 is 0. The molecule has 9 heteroatoms. The van der Waals surface area contributed by atoms with Gasteiger partial charge in [0.15, 0.2) is 28.5 Å². The van der Waals surface area contributed by atoms with E-state index >= 15 is 0 Å². The number of rotatable bonds is 7. The average molecular weight is 500 g/mol. The Morgan fingerprint density at radius 3 is 2.62 bits per heavy atom. The Morgan fingerprint density at radius 1 is 0.919 bits per heavy atom. The minimum Gasteiger partial charge on any atom is -0.486 e. The first-order valence-electron chi connectivity index (χ1n) is 13.0. The van der Waals surface area contributed by atoms with Crippen molar-refractivity contribution in [3.05, 3.63) is 60.2 Å². The van der Waals surface area contributed by atoms with Gasteiger partial charge in [-0.3, -0.25) is 9.47 Å². The molecule has 1 fully saturated rings. The van der Waals surface area contributed by atoms with E-state index in [1.54, 1.807) is 12.7 Å². The molecule has 0 amide bonds. The second-order valence-corrected chi connectivity index (χ2v) is 9.67. The molecule has 2 aromatic heterocycles. The summed E-state index contributed by atoms with van der Waals surface area (Å²) in [6.45, 7) is 11.8. The van der Waals surface area contributed by atoms with Crippen LogP contribution in [0.5, 0.6) is 11.5 Å². The summed E-state index contributed by atoms with van der Waals surface area (Å²) in [5.74, 6) is 2.27. The van der Waals surface area contributed by atoms with Crippen LogP contribution in [0.2, 0.25) is 0 Å². The van der Waals surface area contributed by atoms with Gasteiger partial charge in [0, 0.05) is 44.5 Å². The topological polar surface area (TPSA) is 80.6 Å². The molecule has 4 aromatic rings. The summed E-state index contributed by atoms with van der Waals surface area (Å²) in [5.41, 5.74) is 6.59. The van der Waals surface area contributed by atoms with Crippen LogP contribution in [0.25, 0.3) is 16.9 Å². The molecule has 37 heavy (non-hydrogen) atoms. The normalized spacial score (nSPS) is 15.8. The van der Waals surface area contributed by atoms with Crippen molar-refractivity contribution >= 4 is 22.7 Å². The summed E-state index contributed by atoms with van der Waals surface area (Å²) in [4.78, 5) is 18.6. The molecule has 4 heterocycles. The van der Waals surface area contributed by atoms with E-state index < -0.39 is 0 Å². The van der Waals surface area contributed by atoms with Crippen LogP contribution >= 0.6 is 0 Å². The van der Waals surface area contributed by atoms with Crippen LogP contribution in [0.4, 0.5) is 11.5 Å². The molecule has 2 aliphatic heterocycles. The monoisotopic (exact) mass is 499 g/mol. The Bertz CT molecular complexity index is 1390. The smallest absolute Gasteiger partial charge is 0.170 e. The van der Waals surface area contributed by atoms with E-state index in [2.05, 4.69) is 62.1 Å². The van der Waals surface area contributed by atoms with Crippen LogP contribution in [0.15, 0.2) is 49.1 Å². The number of piperazine rings is 1. The molecule has 0 spiro atoms. The third-order valence-corrected chi connectivity index (χ3v) is 7.37. The van der Waals surface area contributed by atoms with E-state index in [1.807, 2.05) is 22.8 Å². The fraction of sp³-hybridized carbons (Fsp3) is 0.393. The number of nitrogens with zero attached hydrogens (tertiary/aromatic N) is 6. The molecule has 0 unspecified atom stereocenters. The predicted octanol–water partition coefficient (Wildman–Crippen LogP) is 3.83. The summed E-state index contributed by atoms with van der Waals surface area (Å²) in [7, 11) is 0. The molecule has 0 saturated carbocycles. The molecule has 0 bridgehead atoms. The average Bonchev–Trinajstić information content (AvgIpc) is 3.38. The highest BCUT2D eigenvalue weighted by Gasteiger charge is 2.19. The first-order valence-corrected chi connectivity index (χ1v) is 13.0. The zero-order chi connectivity index (χ0) is 25.2. The van der Waals surface area contributed by atoms with Crippen molar-refractivity contribution in [1.29, 1.82) is 0 Å². The van der Waals surface area contributed by atoms with Gasteiger partial charge < -0.3 is 19.7 Å². The van der Waals surface area contributed by atoms with Gasteiger partial charge in [0.25, 0.3) is 0 Å². The van der Waals surface area contributed by atoms with Gasteiger partial charge in [-0.1, -0.05) is 12.1 Å². The minimum absolute atomic E-state index is 0.555. The predicted molar refractivity (Wildman–Crippen MR) is 145 cm³/mol. The second-order valence-electron chi connectivity index (χ2n) is 9.67. The number of imidazole rings is 1. The fourth-order valence-corrected chi connectivity index (χ4v) is 5.14. The number of aromatic nitrogens is 4. The summed E-state index contributed by atoms with van der Waals surface area (Å²) < 4.78 is 13.3. The maximum atomic E-state index is 5.74. The highest BCUT2D eigenvalue weighted by molar-refractivity contribution is 5.84. The number of hydrogen-bond donors (Lipinski definition) is 1. The Morgan fingerprint density at radius 2 is 1.76 bits per heavy atom. The Balaban J connectivity index is 1.04. The lowest BCUT2D eigenvalue weighted by atomic mass is 10.1. The van der Waals surface area contributed by atoms with E-state index in [0.29, 0.717) is 13.2 Å². The van der Waals surface area contributed by atoms with E-state index in [9.17, 15) is 0 Å². The van der Waals surface area contributed by atoms with Crippen molar-refractivity contribution in [3.63, 3.8) is 0 Å². The molecule has 2 aliphatic rings. The first-order chi connectivity index (χ1) is 18.2. The molecule has 1 saturated heterocycles. The van der Waals surface area contributed by atoms with Gasteiger partial charge in [0.2, 0.25) is 0 Å². The van der Waals surface area contributed by atoms with Gasteiger partial charge >= 0.3 is 0 Å². The van der Waals surface area contributed by atoms with Crippen LogP contribution in [0, 0.1) is 13.8 Å². The molecule has 9 nitrogen and oxygen atoms in total. The van der Waals surface area contributed by atoms with E-state index in [0.717, 1.165) is 79.9 Å². The lowest BCUT2D eigenvalue weighted by molar-refractivity contribution is 0.171. The van der Waals surface area contributed by atoms with Crippen molar-refractivity contribution in [2.75, 3.05) is 62.7 Å². The van der Waals surface area contributed by atoms with Gasteiger partial charge in [-0.05, 0) is 56.1 Å². The molecular weight excluding hydrogens is 466 g/mol. The van der Waals surface area contributed by atoms with Gasteiger partial charge in [0.1, 0.15) is 25.9 Å². The Kier molecular flexibility index (Phi) is 6.53. The van der Waals surface area contributed by atoms with Crippen molar-refractivity contribution in [2.45, 2.75) is 20.3 Å². The molecule has 0 radical (unpaired) electrons. The van der Waals surface area contributed by atoms with Gasteiger partial charge in [-0.25, -0.2) is 15.0 Å². The van der Waals surface area contributed by atoms with Crippen LogP contribution < -0.4 is 19.7 Å². The zero-order valence-electron chi connectivity index (χ0n) is 21.5. The molecule has 1 N–H and O–H groups in total. The van der Waals surface area contributed by atoms with Crippen molar-refractivity contribution in [3.8, 4) is 17.2 Å². The summed E-state index contributed by atoms with van der Waals surface area (Å²) in [6, 6.07) is 12.5. The van der Waals surface area contributed by atoms with Gasteiger partial charge in [0.05, 0.1) is 5.69 Å². The maximum Gasteiger partial charge on any atom is 0.170 e. The molecular formula is C28H33N7O2. The van der Waals surface area contributed by atoms with E-state index in [1.165, 1.54) is 16.8 Å². The second kappa shape index (κ2) is 10.3. The lowest BCUT2D eigenvalue weighted by Crippen LogP contribution is -2.47. The molecule has 2 aromatic carbocycles. The first kappa shape index (κ1) is 23.5. The highest BCUT2D eigenvalue weighted by Crippen LogP contribution is 2.33. The summed E-state index contributed by atoms with van der Waals surface area (Å²) in [5, 5.41) is 3.48. The molecule has 6 rings (SSSR count). The Hall–Kier alpha value is -3.85. The number of nitrogens with one attached hydrogen (secondary N) is 1. The van der Waals surface area contributed by atoms with Gasteiger partial charge in [-0.15, -0.1) is 0 Å². The largest absolute Gasteiger partial charge is 0.486 e.